The molecule has 0 spiro atoms. The summed E-state index contributed by atoms with van der Waals surface area (Å²) in [4.78, 5) is 16.0. The lowest BCUT2D eigenvalue weighted by molar-refractivity contribution is -0.131. The van der Waals surface area contributed by atoms with Crippen molar-refractivity contribution in [3.63, 3.8) is 0 Å². The van der Waals surface area contributed by atoms with Gasteiger partial charge < -0.3 is 4.90 Å². The standard InChI is InChI=1S/C17H19NOS/c1-13-6-2-3-7-14(13)12-17(19)18-10-4-8-15(18)16-9-5-11-20-16/h2-3,5-7,9,11,15H,4,8,10,12H2,1H3. The third-order valence-electron chi connectivity index (χ3n) is 4.05. The van der Waals surface area contributed by atoms with Crippen LogP contribution in [-0.4, -0.2) is 17.4 Å². The highest BCUT2D eigenvalue weighted by atomic mass is 32.1. The van der Waals surface area contributed by atoms with Crippen LogP contribution in [0, 0.1) is 6.92 Å². The quantitative estimate of drug-likeness (QED) is 0.836. The van der Waals surface area contributed by atoms with E-state index in [0.29, 0.717) is 12.5 Å². The summed E-state index contributed by atoms with van der Waals surface area (Å²) in [6, 6.07) is 12.7. The number of hydrogen-bond donors (Lipinski definition) is 0. The highest BCUT2D eigenvalue weighted by molar-refractivity contribution is 7.10. The number of likely N-dealkylation sites (tertiary alicyclic amines) is 1. The maximum atomic E-state index is 12.6. The third-order valence-corrected chi connectivity index (χ3v) is 5.02. The van der Waals surface area contributed by atoms with E-state index in [-0.39, 0.29) is 5.91 Å². The SMILES string of the molecule is Cc1ccccc1CC(=O)N1CCCC1c1cccs1. The van der Waals surface area contributed by atoms with Gasteiger partial charge in [0, 0.05) is 11.4 Å². The molecule has 1 saturated heterocycles. The Bertz CT molecular complexity index is 591. The van der Waals surface area contributed by atoms with Crippen LogP contribution in [0.25, 0.3) is 0 Å². The van der Waals surface area contributed by atoms with E-state index in [9.17, 15) is 4.79 Å². The van der Waals surface area contributed by atoms with Crippen molar-refractivity contribution >= 4 is 17.2 Å². The van der Waals surface area contributed by atoms with Gasteiger partial charge in [0.25, 0.3) is 0 Å². The van der Waals surface area contributed by atoms with Gasteiger partial charge in [0.05, 0.1) is 12.5 Å². The van der Waals surface area contributed by atoms with Crippen LogP contribution >= 0.6 is 11.3 Å². The van der Waals surface area contributed by atoms with Crippen LogP contribution in [0.15, 0.2) is 41.8 Å². The van der Waals surface area contributed by atoms with E-state index >= 15 is 0 Å². The Kier molecular flexibility index (Phi) is 3.88. The van der Waals surface area contributed by atoms with Gasteiger partial charge in [-0.2, -0.15) is 0 Å². The first-order valence-electron chi connectivity index (χ1n) is 7.13. The summed E-state index contributed by atoms with van der Waals surface area (Å²) < 4.78 is 0. The van der Waals surface area contributed by atoms with Crippen LogP contribution in [-0.2, 0) is 11.2 Å². The minimum Gasteiger partial charge on any atom is -0.335 e. The molecule has 2 nitrogen and oxygen atoms in total. The number of hydrogen-bond acceptors (Lipinski definition) is 2. The zero-order valence-electron chi connectivity index (χ0n) is 11.7. The van der Waals surface area contributed by atoms with Crippen LogP contribution in [0.4, 0.5) is 0 Å². The van der Waals surface area contributed by atoms with Crippen molar-refractivity contribution in [1.29, 1.82) is 0 Å². The largest absolute Gasteiger partial charge is 0.335 e. The molecule has 20 heavy (non-hydrogen) atoms. The van der Waals surface area contributed by atoms with Gasteiger partial charge in [0.2, 0.25) is 5.91 Å². The highest BCUT2D eigenvalue weighted by Crippen LogP contribution is 2.34. The Hall–Kier alpha value is -1.61. The minimum absolute atomic E-state index is 0.259. The average Bonchev–Trinajstić information content (AvgIpc) is 3.11. The number of benzene rings is 1. The van der Waals surface area contributed by atoms with Gasteiger partial charge >= 0.3 is 0 Å². The minimum atomic E-state index is 0.259. The van der Waals surface area contributed by atoms with Gasteiger partial charge in [-0.1, -0.05) is 30.3 Å². The summed E-state index contributed by atoms with van der Waals surface area (Å²) in [6.45, 7) is 2.97. The summed E-state index contributed by atoms with van der Waals surface area (Å²) in [5, 5.41) is 2.09. The molecule has 1 aliphatic heterocycles. The molecule has 1 aliphatic rings. The Balaban J connectivity index is 1.75. The van der Waals surface area contributed by atoms with Crippen molar-refractivity contribution < 1.29 is 4.79 Å². The molecule has 0 radical (unpaired) electrons. The van der Waals surface area contributed by atoms with E-state index in [1.807, 2.05) is 12.1 Å². The summed E-state index contributed by atoms with van der Waals surface area (Å²) in [5.74, 6) is 0.259. The van der Waals surface area contributed by atoms with E-state index in [4.69, 9.17) is 0 Å². The van der Waals surface area contributed by atoms with E-state index in [0.717, 1.165) is 24.9 Å². The first-order chi connectivity index (χ1) is 9.75. The molecule has 3 rings (SSSR count). The highest BCUT2D eigenvalue weighted by Gasteiger charge is 2.30. The predicted octanol–water partition coefficient (Wildman–Crippen LogP) is 3.96. The van der Waals surface area contributed by atoms with Gasteiger partial charge in [-0.25, -0.2) is 0 Å². The second-order valence-corrected chi connectivity index (χ2v) is 6.34. The van der Waals surface area contributed by atoms with Crippen molar-refractivity contribution in [2.24, 2.45) is 0 Å². The Labute approximate surface area is 124 Å². The van der Waals surface area contributed by atoms with Gasteiger partial charge in [-0.3, -0.25) is 4.79 Å². The molecule has 0 bridgehead atoms. The van der Waals surface area contributed by atoms with Crippen molar-refractivity contribution in [2.75, 3.05) is 6.54 Å². The monoisotopic (exact) mass is 285 g/mol. The van der Waals surface area contributed by atoms with Crippen molar-refractivity contribution in [2.45, 2.75) is 32.2 Å². The molecule has 0 saturated carbocycles. The van der Waals surface area contributed by atoms with Crippen LogP contribution in [0.1, 0.15) is 34.9 Å². The maximum Gasteiger partial charge on any atom is 0.227 e. The lowest BCUT2D eigenvalue weighted by Crippen LogP contribution is -2.31. The Morgan fingerprint density at radius 3 is 2.90 bits per heavy atom. The molecule has 3 heteroatoms. The second kappa shape index (κ2) is 5.80. The first kappa shape index (κ1) is 13.4. The molecular weight excluding hydrogens is 266 g/mol. The molecule has 1 aromatic heterocycles. The molecule has 1 atom stereocenters. The number of thiophene rings is 1. The molecular formula is C17H19NOS. The zero-order chi connectivity index (χ0) is 13.9. The van der Waals surface area contributed by atoms with Gasteiger partial charge in [-0.15, -0.1) is 11.3 Å². The summed E-state index contributed by atoms with van der Waals surface area (Å²) in [5.41, 5.74) is 2.35. The molecule has 104 valence electrons. The van der Waals surface area contributed by atoms with E-state index in [1.54, 1.807) is 11.3 Å². The summed E-state index contributed by atoms with van der Waals surface area (Å²) >= 11 is 1.76. The molecule has 0 N–H and O–H groups in total. The van der Waals surface area contributed by atoms with Gasteiger partial charge in [-0.05, 0) is 42.3 Å². The molecule has 2 heterocycles. The number of carbonyl (C=O) groups excluding carboxylic acids is 1. The average molecular weight is 285 g/mol. The normalized spacial score (nSPS) is 18.4. The number of rotatable bonds is 3. The number of carbonyl (C=O) groups is 1. The van der Waals surface area contributed by atoms with E-state index in [1.165, 1.54) is 10.4 Å². The van der Waals surface area contributed by atoms with Crippen LogP contribution < -0.4 is 0 Å². The fourth-order valence-electron chi connectivity index (χ4n) is 2.91. The van der Waals surface area contributed by atoms with E-state index in [2.05, 4.69) is 41.5 Å². The molecule has 2 aromatic rings. The Morgan fingerprint density at radius 2 is 2.15 bits per heavy atom. The lowest BCUT2D eigenvalue weighted by atomic mass is 10.0. The Morgan fingerprint density at radius 1 is 1.30 bits per heavy atom. The number of aryl methyl sites for hydroxylation is 1. The molecule has 1 unspecified atom stereocenters. The topological polar surface area (TPSA) is 20.3 Å². The van der Waals surface area contributed by atoms with E-state index < -0.39 is 0 Å². The van der Waals surface area contributed by atoms with Crippen molar-refractivity contribution in [1.82, 2.24) is 4.90 Å². The molecule has 1 aromatic carbocycles. The predicted molar refractivity (Wildman–Crippen MR) is 82.9 cm³/mol. The summed E-state index contributed by atoms with van der Waals surface area (Å²) in [6.07, 6.45) is 2.73. The maximum absolute atomic E-state index is 12.6. The smallest absolute Gasteiger partial charge is 0.227 e. The third kappa shape index (κ3) is 2.63. The first-order valence-corrected chi connectivity index (χ1v) is 8.01. The summed E-state index contributed by atoms with van der Waals surface area (Å²) in [7, 11) is 0. The number of nitrogens with zero attached hydrogens (tertiary/aromatic N) is 1. The molecule has 1 amide bonds. The van der Waals surface area contributed by atoms with Gasteiger partial charge in [0.1, 0.15) is 0 Å². The van der Waals surface area contributed by atoms with Crippen molar-refractivity contribution in [3.8, 4) is 0 Å². The molecule has 1 fully saturated rings. The number of amides is 1. The second-order valence-electron chi connectivity index (χ2n) is 5.36. The van der Waals surface area contributed by atoms with Gasteiger partial charge in [0.15, 0.2) is 0 Å². The van der Waals surface area contributed by atoms with Crippen LogP contribution in [0.3, 0.4) is 0 Å². The zero-order valence-corrected chi connectivity index (χ0v) is 12.5. The van der Waals surface area contributed by atoms with Crippen LogP contribution in [0.2, 0.25) is 0 Å². The van der Waals surface area contributed by atoms with Crippen molar-refractivity contribution in [3.05, 3.63) is 57.8 Å². The fourth-order valence-corrected chi connectivity index (χ4v) is 3.79. The lowest BCUT2D eigenvalue weighted by Gasteiger charge is -2.24. The van der Waals surface area contributed by atoms with Crippen LogP contribution in [0.5, 0.6) is 0 Å². The fraction of sp³-hybridized carbons (Fsp3) is 0.353. The molecule has 0 aliphatic carbocycles.